The van der Waals surface area contributed by atoms with Crippen molar-refractivity contribution in [2.75, 3.05) is 24.1 Å². The van der Waals surface area contributed by atoms with E-state index in [9.17, 15) is 9.18 Å². The van der Waals surface area contributed by atoms with Crippen molar-refractivity contribution in [2.24, 2.45) is 0 Å². The zero-order valence-electron chi connectivity index (χ0n) is 8.87. The molecule has 0 radical (unpaired) electrons. The highest BCUT2D eigenvalue weighted by Gasteiger charge is 2.17. The van der Waals surface area contributed by atoms with Crippen LogP contribution in [0.4, 0.5) is 20.6 Å². The van der Waals surface area contributed by atoms with Crippen LogP contribution in [0.25, 0.3) is 0 Å². The summed E-state index contributed by atoms with van der Waals surface area (Å²) in [4.78, 5) is 13.4. The second-order valence-corrected chi connectivity index (χ2v) is 3.90. The van der Waals surface area contributed by atoms with Gasteiger partial charge in [0.25, 0.3) is 0 Å². The third kappa shape index (κ3) is 2.42. The van der Waals surface area contributed by atoms with E-state index < -0.39 is 5.82 Å². The molecule has 3 N–H and O–H groups in total. The second-order valence-electron chi connectivity index (χ2n) is 3.90. The first-order valence-corrected chi connectivity index (χ1v) is 5.27. The molecular formula is C11H14FN3O. The lowest BCUT2D eigenvalue weighted by Gasteiger charge is -2.16. The average Bonchev–Trinajstić information content (AvgIpc) is 2.68. The lowest BCUT2D eigenvalue weighted by molar-refractivity contribution is 0.222. The van der Waals surface area contributed by atoms with Crippen molar-refractivity contribution in [3.8, 4) is 0 Å². The fraction of sp³-hybridized carbons (Fsp3) is 0.364. The third-order valence-electron chi connectivity index (χ3n) is 2.56. The van der Waals surface area contributed by atoms with Crippen molar-refractivity contribution < 1.29 is 9.18 Å². The molecule has 16 heavy (non-hydrogen) atoms. The number of nitrogens with two attached hydrogens (primary N) is 1. The number of likely N-dealkylation sites (tertiary alicyclic amines) is 1. The van der Waals surface area contributed by atoms with E-state index in [4.69, 9.17) is 5.73 Å². The van der Waals surface area contributed by atoms with E-state index in [1.54, 1.807) is 4.90 Å². The van der Waals surface area contributed by atoms with Crippen molar-refractivity contribution in [1.82, 2.24) is 4.90 Å². The molecule has 2 amide bonds. The van der Waals surface area contributed by atoms with Gasteiger partial charge in [-0.05, 0) is 31.0 Å². The van der Waals surface area contributed by atoms with E-state index in [1.807, 2.05) is 0 Å². The Morgan fingerprint density at radius 1 is 1.31 bits per heavy atom. The van der Waals surface area contributed by atoms with Gasteiger partial charge in [-0.3, -0.25) is 0 Å². The summed E-state index contributed by atoms with van der Waals surface area (Å²) in [5.41, 5.74) is 6.18. The first-order chi connectivity index (χ1) is 7.65. The van der Waals surface area contributed by atoms with Crippen LogP contribution in [0, 0.1) is 5.82 Å². The summed E-state index contributed by atoms with van der Waals surface area (Å²) in [7, 11) is 0. The van der Waals surface area contributed by atoms with Crippen LogP contribution in [-0.4, -0.2) is 24.0 Å². The van der Waals surface area contributed by atoms with Crippen LogP contribution < -0.4 is 11.1 Å². The van der Waals surface area contributed by atoms with E-state index in [1.165, 1.54) is 18.2 Å². The fourth-order valence-electron chi connectivity index (χ4n) is 1.81. The number of carbonyl (C=O) groups is 1. The van der Waals surface area contributed by atoms with Gasteiger partial charge in [0, 0.05) is 24.5 Å². The summed E-state index contributed by atoms with van der Waals surface area (Å²) < 4.78 is 13.0. The topological polar surface area (TPSA) is 58.4 Å². The lowest BCUT2D eigenvalue weighted by Crippen LogP contribution is -2.32. The minimum atomic E-state index is -0.447. The van der Waals surface area contributed by atoms with Crippen molar-refractivity contribution in [1.29, 1.82) is 0 Å². The van der Waals surface area contributed by atoms with Gasteiger partial charge in [-0.25, -0.2) is 9.18 Å². The Bertz CT molecular complexity index is 382. The molecule has 1 aromatic carbocycles. The molecule has 0 aromatic heterocycles. The highest BCUT2D eigenvalue weighted by molar-refractivity contribution is 5.90. The van der Waals surface area contributed by atoms with E-state index in [0.29, 0.717) is 11.4 Å². The maximum Gasteiger partial charge on any atom is 0.321 e. The monoisotopic (exact) mass is 223 g/mol. The van der Waals surface area contributed by atoms with Crippen molar-refractivity contribution in [3.63, 3.8) is 0 Å². The molecule has 1 aliphatic rings. The zero-order valence-corrected chi connectivity index (χ0v) is 8.87. The highest BCUT2D eigenvalue weighted by atomic mass is 19.1. The first kappa shape index (κ1) is 10.7. The van der Waals surface area contributed by atoms with E-state index >= 15 is 0 Å². The first-order valence-electron chi connectivity index (χ1n) is 5.27. The minimum absolute atomic E-state index is 0.192. The number of benzene rings is 1. The average molecular weight is 223 g/mol. The Kier molecular flexibility index (Phi) is 2.94. The van der Waals surface area contributed by atoms with Gasteiger partial charge in [-0.1, -0.05) is 0 Å². The third-order valence-corrected chi connectivity index (χ3v) is 2.56. The largest absolute Gasteiger partial charge is 0.399 e. The SMILES string of the molecule is Nc1cc(F)cc(NC(=O)N2CCCC2)c1. The van der Waals surface area contributed by atoms with Crippen LogP contribution in [0.5, 0.6) is 0 Å². The number of halogens is 1. The summed E-state index contributed by atoms with van der Waals surface area (Å²) in [5.74, 6) is -0.447. The number of hydrogen-bond acceptors (Lipinski definition) is 2. The van der Waals surface area contributed by atoms with Gasteiger partial charge in [0.1, 0.15) is 5.82 Å². The maximum atomic E-state index is 13.0. The molecule has 0 saturated carbocycles. The number of rotatable bonds is 1. The molecule has 0 unspecified atom stereocenters. The number of carbonyl (C=O) groups excluding carboxylic acids is 1. The molecule has 1 aromatic rings. The number of urea groups is 1. The Balaban J connectivity index is 2.05. The molecule has 1 heterocycles. The van der Waals surface area contributed by atoms with Gasteiger partial charge in [0.15, 0.2) is 0 Å². The van der Waals surface area contributed by atoms with E-state index in [2.05, 4.69) is 5.32 Å². The number of anilines is 2. The van der Waals surface area contributed by atoms with Gasteiger partial charge in [0.05, 0.1) is 0 Å². The molecule has 5 heteroatoms. The van der Waals surface area contributed by atoms with Gasteiger partial charge in [0.2, 0.25) is 0 Å². The fourth-order valence-corrected chi connectivity index (χ4v) is 1.81. The predicted molar refractivity (Wildman–Crippen MR) is 60.6 cm³/mol. The van der Waals surface area contributed by atoms with Crippen LogP contribution in [0.1, 0.15) is 12.8 Å². The van der Waals surface area contributed by atoms with Crippen LogP contribution in [0.3, 0.4) is 0 Å². The highest BCUT2D eigenvalue weighted by Crippen LogP contribution is 2.17. The van der Waals surface area contributed by atoms with E-state index in [0.717, 1.165) is 25.9 Å². The molecule has 2 rings (SSSR count). The number of amides is 2. The van der Waals surface area contributed by atoms with Crippen LogP contribution in [0.2, 0.25) is 0 Å². The molecule has 0 aliphatic carbocycles. The maximum absolute atomic E-state index is 13.0. The molecule has 1 saturated heterocycles. The normalized spacial score (nSPS) is 15.2. The summed E-state index contributed by atoms with van der Waals surface area (Å²) >= 11 is 0. The number of nitrogens with zero attached hydrogens (tertiary/aromatic N) is 1. The second kappa shape index (κ2) is 4.38. The van der Waals surface area contributed by atoms with Gasteiger partial charge >= 0.3 is 6.03 Å². The molecule has 86 valence electrons. The summed E-state index contributed by atoms with van der Waals surface area (Å²) in [6, 6.07) is 3.81. The van der Waals surface area contributed by atoms with Crippen LogP contribution >= 0.6 is 0 Å². The van der Waals surface area contributed by atoms with Crippen molar-refractivity contribution in [2.45, 2.75) is 12.8 Å². The molecule has 4 nitrogen and oxygen atoms in total. The number of hydrogen-bond donors (Lipinski definition) is 2. The van der Waals surface area contributed by atoms with Crippen molar-refractivity contribution in [3.05, 3.63) is 24.0 Å². The Morgan fingerprint density at radius 3 is 2.62 bits per heavy atom. The summed E-state index contributed by atoms with van der Waals surface area (Å²) in [5, 5.41) is 2.63. The molecule has 0 spiro atoms. The predicted octanol–water partition coefficient (Wildman–Crippen LogP) is 2.04. The minimum Gasteiger partial charge on any atom is -0.399 e. The Labute approximate surface area is 93.2 Å². The summed E-state index contributed by atoms with van der Waals surface area (Å²) in [6.07, 6.45) is 2.05. The smallest absolute Gasteiger partial charge is 0.321 e. The van der Waals surface area contributed by atoms with Gasteiger partial charge < -0.3 is 16.0 Å². The van der Waals surface area contributed by atoms with Gasteiger partial charge in [-0.15, -0.1) is 0 Å². The quantitative estimate of drug-likeness (QED) is 0.716. The number of nitrogens with one attached hydrogen (secondary N) is 1. The zero-order chi connectivity index (χ0) is 11.5. The van der Waals surface area contributed by atoms with E-state index in [-0.39, 0.29) is 6.03 Å². The van der Waals surface area contributed by atoms with Crippen molar-refractivity contribution >= 4 is 17.4 Å². The Morgan fingerprint density at radius 2 is 2.00 bits per heavy atom. The molecule has 1 aliphatic heterocycles. The molecule has 1 fully saturated rings. The molecular weight excluding hydrogens is 209 g/mol. The number of nitrogen functional groups attached to an aromatic ring is 1. The summed E-state index contributed by atoms with van der Waals surface area (Å²) in [6.45, 7) is 1.52. The standard InChI is InChI=1S/C11H14FN3O/c12-8-5-9(13)7-10(6-8)14-11(16)15-3-1-2-4-15/h5-7H,1-4,13H2,(H,14,16). The molecule has 0 bridgehead atoms. The van der Waals surface area contributed by atoms with Crippen LogP contribution in [0.15, 0.2) is 18.2 Å². The van der Waals surface area contributed by atoms with Gasteiger partial charge in [-0.2, -0.15) is 0 Å². The molecule has 0 atom stereocenters. The van der Waals surface area contributed by atoms with Crippen LogP contribution in [-0.2, 0) is 0 Å². The lowest BCUT2D eigenvalue weighted by atomic mass is 10.3. The Hall–Kier alpha value is -1.78.